The van der Waals surface area contributed by atoms with E-state index in [4.69, 9.17) is 5.73 Å². The number of anilines is 2. The molecule has 0 fully saturated rings. The van der Waals surface area contributed by atoms with Gasteiger partial charge in [-0.3, -0.25) is 0 Å². The molecule has 0 radical (unpaired) electrons. The summed E-state index contributed by atoms with van der Waals surface area (Å²) in [6.07, 6.45) is 14.2. The Morgan fingerprint density at radius 2 is 1.47 bits per heavy atom. The van der Waals surface area contributed by atoms with Crippen LogP contribution in [0.25, 0.3) is 44.3 Å². The maximum Gasteiger partial charge on any atom is 0.0567 e. The van der Waals surface area contributed by atoms with Gasteiger partial charge in [-0.1, -0.05) is 122 Å². The van der Waals surface area contributed by atoms with Crippen molar-refractivity contribution in [3.63, 3.8) is 0 Å². The van der Waals surface area contributed by atoms with E-state index >= 15 is 0 Å². The van der Waals surface area contributed by atoms with Crippen LogP contribution < -0.4 is 21.3 Å². The Bertz CT molecular complexity index is 2090. The number of rotatable bonds is 8. The minimum Gasteiger partial charge on any atom is -0.404 e. The number of nitrogens with zero attached hydrogens (tertiary/aromatic N) is 1. The van der Waals surface area contributed by atoms with Crippen molar-refractivity contribution >= 4 is 33.4 Å². The predicted octanol–water partition coefficient (Wildman–Crippen LogP) is 9.34. The molecule has 7 rings (SSSR count). The lowest BCUT2D eigenvalue weighted by atomic mass is 9.93. The molecule has 4 heteroatoms. The highest BCUT2D eigenvalue weighted by Gasteiger charge is 2.17. The van der Waals surface area contributed by atoms with Gasteiger partial charge in [0.05, 0.1) is 5.69 Å². The number of benzene rings is 5. The summed E-state index contributed by atoms with van der Waals surface area (Å²) in [4.78, 5) is 2.30. The first-order valence-electron chi connectivity index (χ1n) is 16.0. The number of hydrogen-bond acceptors (Lipinski definition) is 4. The third-order valence-electron chi connectivity index (χ3n) is 9.00. The van der Waals surface area contributed by atoms with Gasteiger partial charge in [-0.15, -0.1) is 0 Å². The predicted molar refractivity (Wildman–Crippen MR) is 201 cm³/mol. The molecular weight excluding hydrogens is 573 g/mol. The van der Waals surface area contributed by atoms with Crippen molar-refractivity contribution in [1.29, 1.82) is 0 Å². The van der Waals surface area contributed by atoms with Gasteiger partial charge in [-0.25, -0.2) is 0 Å². The average molecular weight is 611 g/mol. The molecule has 5 aromatic rings. The largest absolute Gasteiger partial charge is 0.404 e. The third-order valence-corrected chi connectivity index (χ3v) is 9.00. The van der Waals surface area contributed by atoms with Crippen LogP contribution in [0.1, 0.15) is 11.1 Å². The summed E-state index contributed by atoms with van der Waals surface area (Å²) in [7, 11) is 2.16. The number of nitrogens with two attached hydrogens (primary N) is 1. The van der Waals surface area contributed by atoms with Crippen LogP contribution in [-0.2, 0) is 0 Å². The molecule has 0 saturated carbocycles. The summed E-state index contributed by atoms with van der Waals surface area (Å²) in [5.41, 5.74) is 19.5. The summed E-state index contributed by atoms with van der Waals surface area (Å²) in [6, 6.07) is 39.2. The highest BCUT2D eigenvalue weighted by Crippen LogP contribution is 2.41. The average Bonchev–Trinajstić information content (AvgIpc) is 3.15. The van der Waals surface area contributed by atoms with E-state index in [0.29, 0.717) is 0 Å². The van der Waals surface area contributed by atoms with Crippen molar-refractivity contribution in [2.75, 3.05) is 25.0 Å². The zero-order chi connectivity index (χ0) is 32.2. The molecule has 230 valence electrons. The van der Waals surface area contributed by atoms with Crippen LogP contribution in [0.4, 0.5) is 11.4 Å². The van der Waals surface area contributed by atoms with Gasteiger partial charge in [0.25, 0.3) is 0 Å². The van der Waals surface area contributed by atoms with Crippen molar-refractivity contribution in [3.8, 4) is 22.3 Å². The van der Waals surface area contributed by atoms with E-state index in [1.54, 1.807) is 12.3 Å². The monoisotopic (exact) mass is 610 g/mol. The molecule has 47 heavy (non-hydrogen) atoms. The number of fused-ring (bicyclic) bond motifs is 1. The van der Waals surface area contributed by atoms with Crippen LogP contribution in [0.2, 0.25) is 0 Å². The quantitative estimate of drug-likeness (QED) is 0.153. The van der Waals surface area contributed by atoms with E-state index in [-0.39, 0.29) is 0 Å². The Hall–Kier alpha value is -6.00. The summed E-state index contributed by atoms with van der Waals surface area (Å²) in [6.45, 7) is 5.52. The Morgan fingerprint density at radius 3 is 2.13 bits per heavy atom. The summed E-state index contributed by atoms with van der Waals surface area (Å²) in [5, 5.41) is 9.51. The van der Waals surface area contributed by atoms with Crippen molar-refractivity contribution in [2.24, 2.45) is 5.73 Å². The van der Waals surface area contributed by atoms with Crippen molar-refractivity contribution in [1.82, 2.24) is 10.6 Å². The van der Waals surface area contributed by atoms with E-state index in [0.717, 1.165) is 46.7 Å². The van der Waals surface area contributed by atoms with Gasteiger partial charge in [0, 0.05) is 54.4 Å². The highest BCUT2D eigenvalue weighted by molar-refractivity contribution is 6.04. The summed E-state index contributed by atoms with van der Waals surface area (Å²) in [5.74, 6) is 0. The smallest absolute Gasteiger partial charge is 0.0567 e. The number of dihydropyridines is 2. The first kappa shape index (κ1) is 29.7. The van der Waals surface area contributed by atoms with Gasteiger partial charge < -0.3 is 21.3 Å². The molecule has 0 saturated heterocycles. The minimum absolute atomic E-state index is 0.790. The van der Waals surface area contributed by atoms with E-state index in [1.807, 2.05) is 0 Å². The minimum atomic E-state index is 0.790. The van der Waals surface area contributed by atoms with E-state index < -0.39 is 0 Å². The van der Waals surface area contributed by atoms with Crippen molar-refractivity contribution < 1.29 is 0 Å². The van der Waals surface area contributed by atoms with Gasteiger partial charge in [0.1, 0.15) is 0 Å². The Labute approximate surface area is 277 Å². The van der Waals surface area contributed by atoms with E-state index in [1.165, 1.54) is 44.4 Å². The lowest BCUT2D eigenvalue weighted by Crippen LogP contribution is -2.25. The maximum absolute atomic E-state index is 5.76. The first-order valence-corrected chi connectivity index (χ1v) is 16.0. The van der Waals surface area contributed by atoms with E-state index in [9.17, 15) is 0 Å². The molecular formula is C43H38N4. The first-order chi connectivity index (χ1) is 23.1. The van der Waals surface area contributed by atoms with Gasteiger partial charge in [-0.2, -0.15) is 0 Å². The topological polar surface area (TPSA) is 53.3 Å². The van der Waals surface area contributed by atoms with Gasteiger partial charge in [0.15, 0.2) is 0 Å². The van der Waals surface area contributed by atoms with Crippen LogP contribution in [0.3, 0.4) is 0 Å². The lowest BCUT2D eigenvalue weighted by Gasteiger charge is -2.26. The Morgan fingerprint density at radius 1 is 0.745 bits per heavy atom. The summed E-state index contributed by atoms with van der Waals surface area (Å²) >= 11 is 0. The summed E-state index contributed by atoms with van der Waals surface area (Å²) < 4.78 is 0. The fourth-order valence-corrected chi connectivity index (χ4v) is 6.39. The molecule has 5 aromatic carbocycles. The second kappa shape index (κ2) is 13.2. The lowest BCUT2D eigenvalue weighted by molar-refractivity contribution is 0.852. The fourth-order valence-electron chi connectivity index (χ4n) is 6.39. The zero-order valence-electron chi connectivity index (χ0n) is 26.6. The van der Waals surface area contributed by atoms with Crippen molar-refractivity contribution in [3.05, 3.63) is 181 Å². The molecule has 2 aliphatic rings. The fraction of sp³-hybridized carbons (Fsp3) is 0.0698. The molecule has 0 amide bonds. The molecule has 0 unspecified atom stereocenters. The zero-order valence-corrected chi connectivity index (χ0v) is 26.6. The molecule has 2 heterocycles. The van der Waals surface area contributed by atoms with Crippen LogP contribution >= 0.6 is 0 Å². The Kier molecular flexibility index (Phi) is 8.31. The standard InChI is InChI=1S/C43H38N4/c1-3-30(28-44)31-12-14-32(15-13-31)33-16-18-34(19-17-33)39-23-20-35-27-36(42-25-22-37(29-46-42)41-11-7-8-26-45-41)21-24-40(35)43(39)47(2)38-9-5-4-6-10-38/h3-25,27-28,45-46H,1,26,29,44H2,2H3/b30-28+. The molecule has 0 atom stereocenters. The number of para-hydroxylation sites is 1. The third kappa shape index (κ3) is 6.01. The second-order valence-electron chi connectivity index (χ2n) is 11.8. The van der Waals surface area contributed by atoms with Gasteiger partial charge in [-0.05, 0) is 74.7 Å². The van der Waals surface area contributed by atoms with Crippen molar-refractivity contribution in [2.45, 2.75) is 0 Å². The molecule has 2 aliphatic heterocycles. The van der Waals surface area contributed by atoms with Crippen LogP contribution in [0, 0.1) is 0 Å². The SMILES string of the molecule is C=C/C(=C\N)c1ccc(-c2ccc(-c3ccc4cc(C5=CC=C(C6=CC=CCN6)CN5)ccc4c3N(C)c3ccccc3)cc2)cc1. The molecule has 4 nitrogen and oxygen atoms in total. The Balaban J connectivity index is 1.25. The molecule has 4 N–H and O–H groups in total. The number of nitrogens with one attached hydrogen (secondary N) is 2. The van der Waals surface area contributed by atoms with Gasteiger partial charge >= 0.3 is 0 Å². The van der Waals surface area contributed by atoms with Crippen LogP contribution in [0.15, 0.2) is 170 Å². The molecule has 0 aliphatic carbocycles. The second-order valence-corrected chi connectivity index (χ2v) is 11.8. The highest BCUT2D eigenvalue weighted by atomic mass is 15.1. The van der Waals surface area contributed by atoms with E-state index in [2.05, 4.69) is 169 Å². The molecule has 0 spiro atoms. The normalized spacial score (nSPS) is 14.4. The molecule has 0 aromatic heterocycles. The molecule has 0 bridgehead atoms. The van der Waals surface area contributed by atoms with Gasteiger partial charge in [0.2, 0.25) is 0 Å². The maximum atomic E-state index is 5.76. The number of hydrogen-bond donors (Lipinski definition) is 3. The van der Waals surface area contributed by atoms with Crippen LogP contribution in [0.5, 0.6) is 0 Å². The van der Waals surface area contributed by atoms with Crippen LogP contribution in [-0.4, -0.2) is 20.1 Å². The number of allylic oxidation sites excluding steroid dienone is 6.